The van der Waals surface area contributed by atoms with E-state index in [0.29, 0.717) is 35.8 Å². The van der Waals surface area contributed by atoms with E-state index in [-0.39, 0.29) is 31.9 Å². The molecular weight excluding hydrogens is 595 g/mol. The molecule has 40 heavy (non-hydrogen) atoms. The zero-order valence-electron chi connectivity index (χ0n) is 21.2. The second-order valence-electron chi connectivity index (χ2n) is 8.95. The normalized spacial score (nSPS) is 16.7. The molecular formula is C28H27BrF3N3O5. The SMILES string of the molecule is O=C(NNCc1ccc(OC(F)(F)F)cc1)[C@]1(Cc2ccccc2Br)COC(c2ccc(OCCCO)cc2)=N1. The molecule has 0 radical (unpaired) electrons. The van der Waals surface area contributed by atoms with E-state index in [0.717, 1.165) is 10.0 Å². The van der Waals surface area contributed by atoms with Crippen LogP contribution in [0.2, 0.25) is 0 Å². The van der Waals surface area contributed by atoms with Crippen LogP contribution in [0, 0.1) is 0 Å². The molecule has 0 saturated heterocycles. The third-order valence-corrected chi connectivity index (χ3v) is 6.72. The minimum absolute atomic E-state index is 0.00455. The Hall–Kier alpha value is -3.61. The number of hydrazine groups is 1. The fourth-order valence-corrected chi connectivity index (χ4v) is 4.36. The number of amides is 1. The number of hydrogen-bond donors (Lipinski definition) is 3. The Kier molecular flexibility index (Phi) is 9.67. The van der Waals surface area contributed by atoms with Crippen LogP contribution < -0.4 is 20.3 Å². The summed E-state index contributed by atoms with van der Waals surface area (Å²) < 4.78 is 53.4. The lowest BCUT2D eigenvalue weighted by molar-refractivity contribution is -0.274. The fourth-order valence-electron chi connectivity index (χ4n) is 3.94. The van der Waals surface area contributed by atoms with Gasteiger partial charge in [0.15, 0.2) is 5.54 Å². The number of ether oxygens (including phenoxy) is 3. The number of nitrogens with one attached hydrogen (secondary N) is 2. The summed E-state index contributed by atoms with van der Waals surface area (Å²) in [5, 5.41) is 8.91. The van der Waals surface area contributed by atoms with Gasteiger partial charge in [-0.05, 0) is 53.6 Å². The summed E-state index contributed by atoms with van der Waals surface area (Å²) in [7, 11) is 0. The number of carbonyl (C=O) groups excluding carboxylic acids is 1. The Labute approximate surface area is 237 Å². The Balaban J connectivity index is 1.47. The van der Waals surface area contributed by atoms with E-state index in [2.05, 4.69) is 31.5 Å². The van der Waals surface area contributed by atoms with E-state index < -0.39 is 17.8 Å². The van der Waals surface area contributed by atoms with Crippen molar-refractivity contribution in [3.8, 4) is 11.5 Å². The summed E-state index contributed by atoms with van der Waals surface area (Å²) in [5.74, 6) is 0.182. The molecule has 0 fully saturated rings. The maximum absolute atomic E-state index is 13.5. The molecule has 1 aliphatic rings. The average Bonchev–Trinajstić information content (AvgIpc) is 3.36. The molecule has 0 aliphatic carbocycles. The number of aliphatic hydroxyl groups excluding tert-OH is 1. The van der Waals surface area contributed by atoms with Crippen LogP contribution in [0.25, 0.3) is 0 Å². The zero-order valence-corrected chi connectivity index (χ0v) is 22.8. The van der Waals surface area contributed by atoms with Gasteiger partial charge in [0.25, 0.3) is 5.91 Å². The standard InChI is InChI=1S/C28H27BrF3N3O5/c29-24-5-2-1-4-21(24)16-27(18-39-25(34-27)20-8-12-22(13-9-20)38-15-3-14-36)26(37)35-33-17-19-6-10-23(11-7-19)40-28(30,31)32/h1-2,4-13,33,36H,3,14-18H2,(H,35,37)/t27-/m0/s1. The van der Waals surface area contributed by atoms with Gasteiger partial charge in [0.05, 0.1) is 6.61 Å². The highest BCUT2D eigenvalue weighted by atomic mass is 79.9. The first-order chi connectivity index (χ1) is 19.2. The molecule has 0 spiro atoms. The van der Waals surface area contributed by atoms with E-state index in [4.69, 9.17) is 19.6 Å². The van der Waals surface area contributed by atoms with Crippen molar-refractivity contribution in [3.05, 3.63) is 94.0 Å². The highest BCUT2D eigenvalue weighted by molar-refractivity contribution is 9.10. The Bertz CT molecular complexity index is 1320. The second kappa shape index (κ2) is 13.2. The predicted octanol–water partition coefficient (Wildman–Crippen LogP) is 4.69. The molecule has 1 aliphatic heterocycles. The van der Waals surface area contributed by atoms with Crippen molar-refractivity contribution >= 4 is 27.7 Å². The van der Waals surface area contributed by atoms with Gasteiger partial charge in [-0.15, -0.1) is 13.2 Å². The monoisotopic (exact) mass is 621 g/mol. The molecule has 3 N–H and O–H groups in total. The van der Waals surface area contributed by atoms with Gasteiger partial charge < -0.3 is 19.3 Å². The van der Waals surface area contributed by atoms with Gasteiger partial charge >= 0.3 is 6.36 Å². The van der Waals surface area contributed by atoms with Gasteiger partial charge in [-0.2, -0.15) is 0 Å². The minimum Gasteiger partial charge on any atom is -0.494 e. The molecule has 3 aromatic carbocycles. The van der Waals surface area contributed by atoms with Crippen LogP contribution in [0.1, 0.15) is 23.1 Å². The molecule has 1 amide bonds. The van der Waals surface area contributed by atoms with Crippen molar-refractivity contribution in [2.24, 2.45) is 4.99 Å². The van der Waals surface area contributed by atoms with Crippen molar-refractivity contribution in [2.75, 3.05) is 19.8 Å². The lowest BCUT2D eigenvalue weighted by atomic mass is 9.91. The number of nitrogens with zero attached hydrogens (tertiary/aromatic N) is 1. The smallest absolute Gasteiger partial charge is 0.494 e. The highest BCUT2D eigenvalue weighted by Gasteiger charge is 2.45. The molecule has 0 bridgehead atoms. The largest absolute Gasteiger partial charge is 0.573 e. The molecule has 4 rings (SSSR count). The quantitative estimate of drug-likeness (QED) is 0.200. The third-order valence-electron chi connectivity index (χ3n) is 5.95. The molecule has 1 atom stereocenters. The van der Waals surface area contributed by atoms with Crippen molar-refractivity contribution in [2.45, 2.75) is 31.3 Å². The third kappa shape index (κ3) is 7.96. The summed E-state index contributed by atoms with van der Waals surface area (Å²) in [6.07, 6.45) is -4.00. The summed E-state index contributed by atoms with van der Waals surface area (Å²) in [6.45, 7) is 0.581. The number of alkyl halides is 3. The van der Waals surface area contributed by atoms with Gasteiger partial charge in [-0.1, -0.05) is 46.3 Å². The van der Waals surface area contributed by atoms with Gasteiger partial charge in [0, 0.05) is 36.0 Å². The van der Waals surface area contributed by atoms with E-state index in [1.54, 1.807) is 24.3 Å². The molecule has 1 heterocycles. The maximum Gasteiger partial charge on any atom is 0.573 e. The summed E-state index contributed by atoms with van der Waals surface area (Å²) in [6, 6.07) is 19.9. The molecule has 0 unspecified atom stereocenters. The van der Waals surface area contributed by atoms with Crippen molar-refractivity contribution in [1.29, 1.82) is 0 Å². The predicted molar refractivity (Wildman–Crippen MR) is 145 cm³/mol. The van der Waals surface area contributed by atoms with Crippen molar-refractivity contribution in [3.63, 3.8) is 0 Å². The van der Waals surface area contributed by atoms with E-state index in [1.165, 1.54) is 24.3 Å². The van der Waals surface area contributed by atoms with Gasteiger partial charge in [0.2, 0.25) is 5.90 Å². The Morgan fingerprint density at radius 3 is 2.42 bits per heavy atom. The molecule has 0 saturated carbocycles. The number of rotatable bonds is 12. The van der Waals surface area contributed by atoms with Crippen molar-refractivity contribution < 1.29 is 37.3 Å². The van der Waals surface area contributed by atoms with Crippen LogP contribution in [-0.2, 0) is 22.5 Å². The van der Waals surface area contributed by atoms with Gasteiger partial charge in [-0.3, -0.25) is 10.2 Å². The molecule has 12 heteroatoms. The topological polar surface area (TPSA) is 101 Å². The number of aliphatic hydroxyl groups is 1. The Morgan fingerprint density at radius 1 is 1.05 bits per heavy atom. The zero-order chi connectivity index (χ0) is 28.6. The van der Waals surface area contributed by atoms with E-state index in [9.17, 15) is 18.0 Å². The first-order valence-corrected chi connectivity index (χ1v) is 13.1. The van der Waals surface area contributed by atoms with E-state index >= 15 is 0 Å². The van der Waals surface area contributed by atoms with Crippen LogP contribution >= 0.6 is 15.9 Å². The summed E-state index contributed by atoms with van der Waals surface area (Å²) >= 11 is 3.53. The first kappa shape index (κ1) is 29.4. The summed E-state index contributed by atoms with van der Waals surface area (Å²) in [5.41, 5.74) is 6.37. The first-order valence-electron chi connectivity index (χ1n) is 12.4. The molecule has 212 valence electrons. The minimum atomic E-state index is -4.77. The van der Waals surface area contributed by atoms with Gasteiger partial charge in [0.1, 0.15) is 18.1 Å². The number of benzene rings is 3. The van der Waals surface area contributed by atoms with Crippen LogP contribution in [-0.4, -0.2) is 48.6 Å². The van der Waals surface area contributed by atoms with Crippen molar-refractivity contribution in [1.82, 2.24) is 10.9 Å². The summed E-state index contributed by atoms with van der Waals surface area (Å²) in [4.78, 5) is 18.2. The highest BCUT2D eigenvalue weighted by Crippen LogP contribution is 2.30. The number of aliphatic imine (C=N–C) groups is 1. The molecule has 0 aromatic heterocycles. The van der Waals surface area contributed by atoms with Crippen LogP contribution in [0.5, 0.6) is 11.5 Å². The number of halogens is 4. The maximum atomic E-state index is 13.5. The fraction of sp³-hybridized carbons (Fsp3) is 0.286. The average molecular weight is 622 g/mol. The molecule has 8 nitrogen and oxygen atoms in total. The number of carbonyl (C=O) groups is 1. The lowest BCUT2D eigenvalue weighted by Gasteiger charge is -2.24. The lowest BCUT2D eigenvalue weighted by Crippen LogP contribution is -2.52. The van der Waals surface area contributed by atoms with Crippen LogP contribution in [0.4, 0.5) is 13.2 Å². The second-order valence-corrected chi connectivity index (χ2v) is 9.81. The molecule has 3 aromatic rings. The van der Waals surface area contributed by atoms with Crippen LogP contribution in [0.15, 0.2) is 82.3 Å². The van der Waals surface area contributed by atoms with Crippen LogP contribution in [0.3, 0.4) is 0 Å². The number of hydrogen-bond acceptors (Lipinski definition) is 7. The van der Waals surface area contributed by atoms with Gasteiger partial charge in [-0.25, -0.2) is 10.4 Å². The van der Waals surface area contributed by atoms with E-state index in [1.807, 2.05) is 24.3 Å². The Morgan fingerprint density at radius 2 is 1.75 bits per heavy atom.